The van der Waals surface area contributed by atoms with Gasteiger partial charge < -0.3 is 14.8 Å². The van der Waals surface area contributed by atoms with Crippen LogP contribution in [0.25, 0.3) is 0 Å². The second kappa shape index (κ2) is 10.2. The number of rotatable bonds is 10. The molecule has 2 N–H and O–H groups in total. The Morgan fingerprint density at radius 2 is 1.90 bits per heavy atom. The molecular formula is C20H21N3O5S2. The summed E-state index contributed by atoms with van der Waals surface area (Å²) in [5.74, 6) is 0.0766. The molecule has 0 spiro atoms. The van der Waals surface area contributed by atoms with Crippen molar-refractivity contribution in [2.45, 2.75) is 10.6 Å². The lowest BCUT2D eigenvalue weighted by atomic mass is 10.1. The van der Waals surface area contributed by atoms with Gasteiger partial charge in [0, 0.05) is 19.0 Å². The van der Waals surface area contributed by atoms with Crippen LogP contribution >= 0.6 is 11.3 Å². The lowest BCUT2D eigenvalue weighted by Gasteiger charge is -2.11. The molecule has 0 saturated carbocycles. The Balaban J connectivity index is 1.59. The molecule has 0 radical (unpaired) electrons. The predicted octanol–water partition coefficient (Wildman–Crippen LogP) is 3.15. The summed E-state index contributed by atoms with van der Waals surface area (Å²) in [4.78, 5) is 16.5. The van der Waals surface area contributed by atoms with Crippen LogP contribution in [0.3, 0.4) is 0 Å². The second-order valence-corrected chi connectivity index (χ2v) is 9.01. The Kier molecular flexibility index (Phi) is 7.39. The minimum atomic E-state index is -3.60. The van der Waals surface area contributed by atoms with Crippen LogP contribution in [-0.4, -0.2) is 39.6 Å². The number of nitrogens with one attached hydrogen (secondary N) is 2. The van der Waals surface area contributed by atoms with Crippen LogP contribution in [0, 0.1) is 0 Å². The van der Waals surface area contributed by atoms with E-state index in [0.717, 1.165) is 16.9 Å². The summed E-state index contributed by atoms with van der Waals surface area (Å²) in [7, 11) is -2.03. The molecule has 3 rings (SSSR count). The van der Waals surface area contributed by atoms with Crippen molar-refractivity contribution in [2.75, 3.05) is 30.4 Å². The molecule has 8 nitrogen and oxygen atoms in total. The van der Waals surface area contributed by atoms with Gasteiger partial charge in [-0.2, -0.15) is 0 Å². The highest BCUT2D eigenvalue weighted by molar-refractivity contribution is 7.94. The number of sulfonamides is 1. The number of hydrogen-bond acceptors (Lipinski definition) is 7. The first-order chi connectivity index (χ1) is 14.5. The summed E-state index contributed by atoms with van der Waals surface area (Å²) < 4.78 is 37.7. The molecule has 30 heavy (non-hydrogen) atoms. The van der Waals surface area contributed by atoms with E-state index >= 15 is 0 Å². The van der Waals surface area contributed by atoms with E-state index in [0.29, 0.717) is 30.5 Å². The first kappa shape index (κ1) is 21.8. The molecule has 0 unspecified atom stereocenters. The molecule has 0 saturated heterocycles. The summed E-state index contributed by atoms with van der Waals surface area (Å²) in [6.45, 7) is 0.728. The Bertz CT molecular complexity index is 1070. The van der Waals surface area contributed by atoms with Crippen molar-refractivity contribution in [1.29, 1.82) is 0 Å². The number of amides is 1. The Morgan fingerprint density at radius 1 is 1.10 bits per heavy atom. The van der Waals surface area contributed by atoms with E-state index in [1.54, 1.807) is 61.2 Å². The van der Waals surface area contributed by atoms with Crippen molar-refractivity contribution in [3.63, 3.8) is 0 Å². The minimum Gasteiger partial charge on any atom is -0.474 e. The number of carbonyl (C=O) groups excluding carboxylic acids is 1. The summed E-state index contributed by atoms with van der Waals surface area (Å²) in [6.07, 6.45) is 1.69. The molecule has 0 aliphatic rings. The van der Waals surface area contributed by atoms with Crippen molar-refractivity contribution >= 4 is 38.6 Å². The van der Waals surface area contributed by atoms with Gasteiger partial charge in [0.2, 0.25) is 11.8 Å². The van der Waals surface area contributed by atoms with Gasteiger partial charge in [0.15, 0.2) is 0 Å². The number of hydrogen-bond donors (Lipinski definition) is 2. The minimum absolute atomic E-state index is 0.115. The Labute approximate surface area is 178 Å². The molecule has 1 aromatic carbocycles. The molecule has 10 heteroatoms. The number of methoxy groups -OCH3 is 1. The molecule has 158 valence electrons. The van der Waals surface area contributed by atoms with Crippen LogP contribution in [0.4, 0.5) is 11.4 Å². The van der Waals surface area contributed by atoms with Crippen molar-refractivity contribution in [3.05, 3.63) is 65.7 Å². The van der Waals surface area contributed by atoms with E-state index in [-0.39, 0.29) is 16.5 Å². The molecule has 2 heterocycles. The Morgan fingerprint density at radius 3 is 2.60 bits per heavy atom. The topological polar surface area (TPSA) is 107 Å². The van der Waals surface area contributed by atoms with Crippen molar-refractivity contribution in [2.24, 2.45) is 0 Å². The predicted molar refractivity (Wildman–Crippen MR) is 116 cm³/mol. The molecular weight excluding hydrogens is 426 g/mol. The normalized spacial score (nSPS) is 11.1. The van der Waals surface area contributed by atoms with E-state index in [9.17, 15) is 13.2 Å². The fraction of sp³-hybridized carbons (Fsp3) is 0.200. The van der Waals surface area contributed by atoms with Gasteiger partial charge in [0.25, 0.3) is 10.0 Å². The largest absolute Gasteiger partial charge is 0.474 e. The zero-order valence-electron chi connectivity index (χ0n) is 16.2. The lowest BCUT2D eigenvalue weighted by molar-refractivity contribution is -0.115. The van der Waals surface area contributed by atoms with Crippen molar-refractivity contribution in [3.8, 4) is 5.88 Å². The zero-order chi connectivity index (χ0) is 21.4. The Hall–Kier alpha value is -2.95. The third-order valence-corrected chi connectivity index (χ3v) is 6.68. The summed E-state index contributed by atoms with van der Waals surface area (Å²) in [5.41, 5.74) is 1.63. The second-order valence-electron chi connectivity index (χ2n) is 6.16. The molecule has 0 aliphatic carbocycles. The van der Waals surface area contributed by atoms with Gasteiger partial charge in [-0.3, -0.25) is 9.52 Å². The van der Waals surface area contributed by atoms with Gasteiger partial charge in [-0.25, -0.2) is 13.4 Å². The number of carbonyl (C=O) groups is 1. The summed E-state index contributed by atoms with van der Waals surface area (Å²) in [6, 6.07) is 13.3. The van der Waals surface area contributed by atoms with E-state index in [1.165, 1.54) is 6.07 Å². The van der Waals surface area contributed by atoms with E-state index in [2.05, 4.69) is 15.0 Å². The first-order valence-corrected chi connectivity index (χ1v) is 11.4. The maximum atomic E-state index is 12.4. The number of nitrogens with zero attached hydrogens (tertiary/aromatic N) is 1. The molecule has 0 fully saturated rings. The van der Waals surface area contributed by atoms with Crippen LogP contribution in [-0.2, 0) is 26.0 Å². The molecule has 1 amide bonds. The lowest BCUT2D eigenvalue weighted by Crippen LogP contribution is -2.16. The van der Waals surface area contributed by atoms with Gasteiger partial charge in [-0.05, 0) is 41.3 Å². The van der Waals surface area contributed by atoms with Crippen LogP contribution < -0.4 is 14.8 Å². The first-order valence-electron chi connectivity index (χ1n) is 9.00. The number of ether oxygens (including phenoxy) is 2. The number of benzene rings is 1. The maximum Gasteiger partial charge on any atom is 0.271 e. The number of thiophene rings is 1. The highest BCUT2D eigenvalue weighted by Gasteiger charge is 2.15. The molecule has 0 aliphatic heterocycles. The summed E-state index contributed by atoms with van der Waals surface area (Å²) >= 11 is 1.14. The van der Waals surface area contributed by atoms with Crippen LogP contribution in [0.15, 0.2) is 64.3 Å². The van der Waals surface area contributed by atoms with E-state index < -0.39 is 10.0 Å². The molecule has 3 aromatic rings. The number of pyridine rings is 1. The van der Waals surface area contributed by atoms with Gasteiger partial charge in [-0.15, -0.1) is 11.3 Å². The molecule has 0 atom stereocenters. The van der Waals surface area contributed by atoms with Crippen molar-refractivity contribution in [1.82, 2.24) is 4.98 Å². The van der Waals surface area contributed by atoms with Crippen LogP contribution in [0.2, 0.25) is 0 Å². The third kappa shape index (κ3) is 6.02. The van der Waals surface area contributed by atoms with E-state index in [1.807, 2.05) is 0 Å². The third-order valence-electron chi connectivity index (χ3n) is 3.90. The van der Waals surface area contributed by atoms with Gasteiger partial charge in [0.05, 0.1) is 13.0 Å². The standard InChI is InChI=1S/C20H21N3O5S2/c1-27-11-12-28-20-17(4-2-10-21-20)22-18(24)14-15-6-8-16(9-7-15)23-30(25,26)19-5-3-13-29-19/h2-10,13,23H,11-12,14H2,1H3,(H,22,24). The molecule has 2 aromatic heterocycles. The van der Waals surface area contributed by atoms with Crippen LogP contribution in [0.5, 0.6) is 5.88 Å². The number of anilines is 2. The average Bonchev–Trinajstić information content (AvgIpc) is 3.27. The highest BCUT2D eigenvalue weighted by Crippen LogP contribution is 2.22. The fourth-order valence-corrected chi connectivity index (χ4v) is 4.57. The van der Waals surface area contributed by atoms with Crippen LogP contribution in [0.1, 0.15) is 5.56 Å². The highest BCUT2D eigenvalue weighted by atomic mass is 32.2. The van der Waals surface area contributed by atoms with Gasteiger partial charge in [-0.1, -0.05) is 18.2 Å². The maximum absolute atomic E-state index is 12.4. The van der Waals surface area contributed by atoms with Crippen molar-refractivity contribution < 1.29 is 22.7 Å². The average molecular weight is 448 g/mol. The monoisotopic (exact) mass is 447 g/mol. The fourth-order valence-electron chi connectivity index (χ4n) is 2.51. The smallest absolute Gasteiger partial charge is 0.271 e. The van der Waals surface area contributed by atoms with Gasteiger partial charge >= 0.3 is 0 Å². The quantitative estimate of drug-likeness (QED) is 0.463. The molecule has 0 bridgehead atoms. The van der Waals surface area contributed by atoms with E-state index in [4.69, 9.17) is 9.47 Å². The zero-order valence-corrected chi connectivity index (χ0v) is 17.8. The summed E-state index contributed by atoms with van der Waals surface area (Å²) in [5, 5.41) is 4.48. The number of aromatic nitrogens is 1. The van der Waals surface area contributed by atoms with Gasteiger partial charge in [0.1, 0.15) is 16.5 Å². The SMILES string of the molecule is COCCOc1ncccc1NC(=O)Cc1ccc(NS(=O)(=O)c2cccs2)cc1.